The fourth-order valence-electron chi connectivity index (χ4n) is 2.78. The molecule has 0 spiro atoms. The molecule has 1 aromatic carbocycles. The number of para-hydroxylation sites is 1. The van der Waals surface area contributed by atoms with E-state index in [0.717, 1.165) is 36.7 Å². The molecule has 0 aliphatic carbocycles. The Labute approximate surface area is 151 Å². The molecule has 2 heterocycles. The SMILES string of the molecule is O=C(COc1ccccc1F)N1CCC(CSc2ccccn2)CC1. The van der Waals surface area contributed by atoms with Crippen LogP contribution in [0.5, 0.6) is 5.75 Å². The largest absolute Gasteiger partial charge is 0.481 e. The van der Waals surface area contributed by atoms with Crippen LogP contribution in [0.25, 0.3) is 0 Å². The van der Waals surface area contributed by atoms with E-state index in [0.29, 0.717) is 5.92 Å². The Hall–Kier alpha value is -2.08. The number of nitrogens with zero attached hydrogens (tertiary/aromatic N) is 2. The number of halogens is 1. The molecule has 1 aliphatic rings. The molecular weight excluding hydrogens is 339 g/mol. The highest BCUT2D eigenvalue weighted by Crippen LogP contribution is 2.25. The maximum atomic E-state index is 13.5. The van der Waals surface area contributed by atoms with Crippen LogP contribution in [0.1, 0.15) is 12.8 Å². The second kappa shape index (κ2) is 8.85. The number of rotatable bonds is 6. The summed E-state index contributed by atoms with van der Waals surface area (Å²) in [7, 11) is 0. The van der Waals surface area contributed by atoms with Crippen molar-refractivity contribution in [1.82, 2.24) is 9.88 Å². The quantitative estimate of drug-likeness (QED) is 0.738. The maximum absolute atomic E-state index is 13.5. The minimum absolute atomic E-state index is 0.0842. The average Bonchev–Trinajstić information content (AvgIpc) is 2.67. The number of hydrogen-bond donors (Lipinski definition) is 0. The van der Waals surface area contributed by atoms with Gasteiger partial charge in [0.2, 0.25) is 0 Å². The van der Waals surface area contributed by atoms with Crippen molar-refractivity contribution in [3.05, 3.63) is 54.5 Å². The lowest BCUT2D eigenvalue weighted by Gasteiger charge is -2.31. The summed E-state index contributed by atoms with van der Waals surface area (Å²) in [4.78, 5) is 18.4. The van der Waals surface area contributed by atoms with Gasteiger partial charge in [0.25, 0.3) is 5.91 Å². The first-order valence-electron chi connectivity index (χ1n) is 8.41. The number of ether oxygens (including phenoxy) is 1. The van der Waals surface area contributed by atoms with Gasteiger partial charge in [-0.15, -0.1) is 11.8 Å². The summed E-state index contributed by atoms with van der Waals surface area (Å²) in [5, 5.41) is 1.04. The second-order valence-corrected chi connectivity index (χ2v) is 7.06. The molecule has 1 saturated heterocycles. The molecule has 2 aromatic rings. The van der Waals surface area contributed by atoms with E-state index >= 15 is 0 Å². The predicted molar refractivity (Wildman–Crippen MR) is 96.2 cm³/mol. The monoisotopic (exact) mass is 360 g/mol. The van der Waals surface area contributed by atoms with Gasteiger partial charge in [0, 0.05) is 25.0 Å². The number of hydrogen-bond acceptors (Lipinski definition) is 4. The summed E-state index contributed by atoms with van der Waals surface area (Å²) in [6.07, 6.45) is 3.76. The van der Waals surface area contributed by atoms with E-state index in [9.17, 15) is 9.18 Å². The molecule has 3 rings (SSSR count). The van der Waals surface area contributed by atoms with Crippen LogP contribution < -0.4 is 4.74 Å². The number of benzene rings is 1. The standard InChI is InChI=1S/C19H21FN2O2S/c20-16-5-1-2-6-17(16)24-13-19(23)22-11-8-15(9-12-22)14-25-18-7-3-4-10-21-18/h1-7,10,15H,8-9,11-14H2. The van der Waals surface area contributed by atoms with Crippen LogP contribution in [0.4, 0.5) is 4.39 Å². The number of thioether (sulfide) groups is 1. The van der Waals surface area contributed by atoms with Crippen LogP contribution in [0.15, 0.2) is 53.7 Å². The molecule has 132 valence electrons. The van der Waals surface area contributed by atoms with Gasteiger partial charge in [-0.2, -0.15) is 0 Å². The molecule has 0 saturated carbocycles. The van der Waals surface area contributed by atoms with Crippen molar-refractivity contribution in [3.63, 3.8) is 0 Å². The molecule has 1 fully saturated rings. The molecule has 6 heteroatoms. The van der Waals surface area contributed by atoms with E-state index in [1.807, 2.05) is 23.1 Å². The number of pyridine rings is 1. The second-order valence-electron chi connectivity index (χ2n) is 6.02. The van der Waals surface area contributed by atoms with E-state index in [4.69, 9.17) is 4.74 Å². The normalized spacial score (nSPS) is 15.2. The lowest BCUT2D eigenvalue weighted by atomic mass is 9.99. The third-order valence-corrected chi connectivity index (χ3v) is 5.44. The number of likely N-dealkylation sites (tertiary alicyclic amines) is 1. The summed E-state index contributed by atoms with van der Waals surface area (Å²) in [6.45, 7) is 1.34. The third kappa shape index (κ3) is 5.19. The van der Waals surface area contributed by atoms with Gasteiger partial charge in [0.1, 0.15) is 0 Å². The molecule has 0 radical (unpaired) electrons. The predicted octanol–water partition coefficient (Wildman–Crippen LogP) is 3.63. The molecule has 1 aromatic heterocycles. The van der Waals surface area contributed by atoms with Crippen LogP contribution in [-0.2, 0) is 4.79 Å². The Balaban J connectivity index is 1.39. The Morgan fingerprint density at radius 3 is 2.68 bits per heavy atom. The summed E-state index contributed by atoms with van der Waals surface area (Å²) >= 11 is 1.76. The summed E-state index contributed by atoms with van der Waals surface area (Å²) in [5.74, 6) is 1.20. The van der Waals surface area contributed by atoms with Crippen molar-refractivity contribution in [1.29, 1.82) is 0 Å². The van der Waals surface area contributed by atoms with Gasteiger partial charge in [-0.25, -0.2) is 9.37 Å². The van der Waals surface area contributed by atoms with Crippen LogP contribution in [-0.4, -0.2) is 41.2 Å². The first kappa shape index (κ1) is 17.7. The minimum Gasteiger partial charge on any atom is -0.481 e. The Bertz CT molecular complexity index is 691. The van der Waals surface area contributed by atoms with Crippen molar-refractivity contribution >= 4 is 17.7 Å². The summed E-state index contributed by atoms with van der Waals surface area (Å²) in [6, 6.07) is 12.1. The highest BCUT2D eigenvalue weighted by Gasteiger charge is 2.23. The minimum atomic E-state index is -0.444. The molecule has 0 N–H and O–H groups in total. The highest BCUT2D eigenvalue weighted by atomic mass is 32.2. The Kier molecular flexibility index (Phi) is 6.28. The van der Waals surface area contributed by atoms with Crippen LogP contribution >= 0.6 is 11.8 Å². The zero-order chi connectivity index (χ0) is 17.5. The molecule has 25 heavy (non-hydrogen) atoms. The van der Waals surface area contributed by atoms with Crippen LogP contribution in [0.2, 0.25) is 0 Å². The first-order valence-corrected chi connectivity index (χ1v) is 9.40. The van der Waals surface area contributed by atoms with Crippen LogP contribution in [0, 0.1) is 11.7 Å². The topological polar surface area (TPSA) is 42.4 Å². The van der Waals surface area contributed by atoms with E-state index in [-0.39, 0.29) is 18.3 Å². The number of carbonyl (C=O) groups excluding carboxylic acids is 1. The number of amides is 1. The first-order chi connectivity index (χ1) is 12.2. The number of aromatic nitrogens is 1. The van der Waals surface area contributed by atoms with E-state index < -0.39 is 5.82 Å². The zero-order valence-corrected chi connectivity index (χ0v) is 14.8. The molecule has 4 nitrogen and oxygen atoms in total. The van der Waals surface area contributed by atoms with Crippen molar-refractivity contribution in [3.8, 4) is 5.75 Å². The lowest BCUT2D eigenvalue weighted by Crippen LogP contribution is -2.41. The van der Waals surface area contributed by atoms with E-state index in [2.05, 4.69) is 4.98 Å². The molecule has 1 amide bonds. The van der Waals surface area contributed by atoms with Gasteiger partial charge in [0.05, 0.1) is 5.03 Å². The summed E-state index contributed by atoms with van der Waals surface area (Å²) < 4.78 is 18.8. The van der Waals surface area contributed by atoms with Gasteiger partial charge in [-0.3, -0.25) is 4.79 Å². The Morgan fingerprint density at radius 1 is 1.20 bits per heavy atom. The molecule has 0 atom stereocenters. The average molecular weight is 360 g/mol. The highest BCUT2D eigenvalue weighted by molar-refractivity contribution is 7.99. The van der Waals surface area contributed by atoms with Gasteiger partial charge >= 0.3 is 0 Å². The molecular formula is C19H21FN2O2S. The van der Waals surface area contributed by atoms with E-state index in [1.165, 1.54) is 12.1 Å². The summed E-state index contributed by atoms with van der Waals surface area (Å²) in [5.41, 5.74) is 0. The fraction of sp³-hybridized carbons (Fsp3) is 0.368. The molecule has 0 bridgehead atoms. The maximum Gasteiger partial charge on any atom is 0.260 e. The fourth-order valence-corrected chi connectivity index (χ4v) is 3.83. The van der Waals surface area contributed by atoms with Crippen LogP contribution in [0.3, 0.4) is 0 Å². The van der Waals surface area contributed by atoms with Gasteiger partial charge in [-0.1, -0.05) is 18.2 Å². The smallest absolute Gasteiger partial charge is 0.260 e. The lowest BCUT2D eigenvalue weighted by molar-refractivity contribution is -0.134. The van der Waals surface area contributed by atoms with Gasteiger partial charge in [-0.05, 0) is 43.0 Å². The van der Waals surface area contributed by atoms with Crippen molar-refractivity contribution in [2.24, 2.45) is 5.92 Å². The number of piperidine rings is 1. The van der Waals surface area contributed by atoms with Gasteiger partial charge in [0.15, 0.2) is 18.2 Å². The third-order valence-electron chi connectivity index (χ3n) is 4.26. The van der Waals surface area contributed by atoms with E-state index in [1.54, 1.807) is 30.1 Å². The molecule has 1 aliphatic heterocycles. The number of carbonyl (C=O) groups is 1. The van der Waals surface area contributed by atoms with Crippen molar-refractivity contribution in [2.45, 2.75) is 17.9 Å². The zero-order valence-electron chi connectivity index (χ0n) is 13.9. The van der Waals surface area contributed by atoms with Gasteiger partial charge < -0.3 is 9.64 Å². The van der Waals surface area contributed by atoms with Crippen molar-refractivity contribution in [2.75, 3.05) is 25.4 Å². The molecule has 0 unspecified atom stereocenters. The van der Waals surface area contributed by atoms with Crippen molar-refractivity contribution < 1.29 is 13.9 Å². The Morgan fingerprint density at radius 2 is 1.96 bits per heavy atom.